The number of benzene rings is 4. The average molecular weight is 1410 g/mol. The van der Waals surface area contributed by atoms with E-state index in [0.717, 1.165) is 28.7 Å². The number of primary amides is 4. The predicted molar refractivity (Wildman–Crippen MR) is 403 cm³/mol. The largest absolute Gasteiger partial charge is 0.441 e. The van der Waals surface area contributed by atoms with Crippen LogP contribution in [0, 0.1) is 48.5 Å². The molecule has 20 nitrogen and oxygen atoms in total. The maximum absolute atomic E-state index is 10.6. The summed E-state index contributed by atoms with van der Waals surface area (Å²) < 4.78 is 42.9. The van der Waals surface area contributed by atoms with Crippen LogP contribution < -0.4 is 22.9 Å². The van der Waals surface area contributed by atoms with Gasteiger partial charge in [0.1, 0.15) is 72.2 Å². The van der Waals surface area contributed by atoms with Crippen molar-refractivity contribution in [3.8, 4) is 45.8 Å². The molecular formula is C82H118N8O12. The second kappa shape index (κ2) is 49.9. The highest BCUT2D eigenvalue weighted by Gasteiger charge is 2.16. The molecule has 8 aromatic rings. The molecule has 0 saturated heterocycles. The summed E-state index contributed by atoms with van der Waals surface area (Å²) >= 11 is 0. The van der Waals surface area contributed by atoms with Gasteiger partial charge in [0.2, 0.25) is 47.2 Å². The molecule has 102 heavy (non-hydrogen) atoms. The number of hydrogen-bond donors (Lipinski definition) is 4. The third-order valence-corrected chi connectivity index (χ3v) is 17.0. The number of hydrogen-bond acceptors (Lipinski definition) is 16. The Morgan fingerprint density at radius 2 is 0.471 bits per heavy atom. The van der Waals surface area contributed by atoms with Crippen LogP contribution >= 0.6 is 0 Å². The van der Waals surface area contributed by atoms with Crippen molar-refractivity contribution in [2.45, 2.75) is 250 Å². The molecule has 0 radical (unpaired) electrons. The smallest absolute Gasteiger partial charge is 0.243 e. The Kier molecular flexibility index (Phi) is 42.0. The highest BCUT2D eigenvalue weighted by molar-refractivity contribution is 5.76. The minimum Gasteiger partial charge on any atom is -0.441 e. The summed E-state index contributed by atoms with van der Waals surface area (Å²) in [5.74, 6) is 2.94. The van der Waals surface area contributed by atoms with Gasteiger partial charge in [-0.1, -0.05) is 234 Å². The van der Waals surface area contributed by atoms with Crippen LogP contribution in [0.1, 0.15) is 237 Å². The SMILES string of the molecule is C.C1CCCCC1.C1CCCCC1.C1CCCCC1.C1CCCCC1.CCc1ccc(-c2nc(COCC(N)=O)c(C)o2)cc1.Cc1ccc(-c2nc(COCC(N)=O)c(C)o2)cc1.Cc1ccc(-c2nc(COCC(N)=O)c(C)o2)cc1.Cc1ccc(-c2nc(COCC(N)=O)c(C)o2)cc1. The molecule has 4 aliphatic rings. The van der Waals surface area contributed by atoms with Gasteiger partial charge in [-0.25, -0.2) is 19.9 Å². The quantitative estimate of drug-likeness (QED) is 0.0519. The number of nitrogens with two attached hydrogens (primary N) is 4. The number of carbonyl (C=O) groups excluding carboxylic acids is 4. The van der Waals surface area contributed by atoms with Gasteiger partial charge in [-0.05, 0) is 109 Å². The minimum atomic E-state index is -0.500. The molecule has 4 aromatic carbocycles. The van der Waals surface area contributed by atoms with Crippen molar-refractivity contribution >= 4 is 23.6 Å². The Hall–Kier alpha value is -8.56. The highest BCUT2D eigenvalue weighted by Crippen LogP contribution is 2.27. The molecule has 0 spiro atoms. The topological polar surface area (TPSA) is 313 Å². The molecule has 4 fully saturated rings. The molecule has 4 amide bonds. The van der Waals surface area contributed by atoms with Gasteiger partial charge < -0.3 is 59.6 Å². The van der Waals surface area contributed by atoms with Gasteiger partial charge in [0.05, 0.1) is 26.4 Å². The van der Waals surface area contributed by atoms with Gasteiger partial charge in [0.25, 0.3) is 0 Å². The zero-order chi connectivity index (χ0) is 73.0. The van der Waals surface area contributed by atoms with E-state index < -0.39 is 23.6 Å². The zero-order valence-electron chi connectivity index (χ0n) is 61.6. The van der Waals surface area contributed by atoms with E-state index in [9.17, 15) is 19.2 Å². The van der Waals surface area contributed by atoms with Crippen molar-refractivity contribution in [1.82, 2.24) is 19.9 Å². The second-order valence-electron chi connectivity index (χ2n) is 26.1. The number of oxazole rings is 4. The first-order chi connectivity index (χ1) is 48.8. The zero-order valence-corrected chi connectivity index (χ0v) is 61.6. The van der Waals surface area contributed by atoms with E-state index in [-0.39, 0.29) is 60.3 Å². The normalized spacial score (nSPS) is 13.7. The van der Waals surface area contributed by atoms with Crippen molar-refractivity contribution in [3.63, 3.8) is 0 Å². The van der Waals surface area contributed by atoms with Crippen molar-refractivity contribution < 1.29 is 55.8 Å². The summed E-state index contributed by atoms with van der Waals surface area (Å²) in [7, 11) is 0. The Morgan fingerprint density at radius 3 is 0.627 bits per heavy atom. The summed E-state index contributed by atoms with van der Waals surface area (Å²) in [5.41, 5.74) is 31.2. The van der Waals surface area contributed by atoms with E-state index in [2.05, 4.69) is 39.0 Å². The number of ether oxygens (including phenoxy) is 4. The number of carbonyl (C=O) groups is 4. The molecule has 0 atom stereocenters. The van der Waals surface area contributed by atoms with Crippen LogP contribution in [0.3, 0.4) is 0 Å². The molecule has 4 aliphatic carbocycles. The number of rotatable bonds is 21. The van der Waals surface area contributed by atoms with Crippen LogP contribution in [0.5, 0.6) is 0 Å². The molecule has 558 valence electrons. The Bertz CT molecular complexity index is 3250. The Morgan fingerprint density at radius 1 is 0.304 bits per heavy atom. The van der Waals surface area contributed by atoms with E-state index in [4.69, 9.17) is 59.6 Å². The highest BCUT2D eigenvalue weighted by atomic mass is 16.5. The number of amides is 4. The first kappa shape index (κ1) is 85.8. The monoisotopic (exact) mass is 1410 g/mol. The first-order valence-corrected chi connectivity index (χ1v) is 36.4. The lowest BCUT2D eigenvalue weighted by Crippen LogP contribution is -2.18. The van der Waals surface area contributed by atoms with Crippen LogP contribution in [0.4, 0.5) is 0 Å². The molecule has 4 aromatic heterocycles. The molecular weight excluding hydrogens is 1290 g/mol. The van der Waals surface area contributed by atoms with Crippen molar-refractivity contribution in [1.29, 1.82) is 0 Å². The molecule has 20 heteroatoms. The van der Waals surface area contributed by atoms with E-state index in [0.29, 0.717) is 69.4 Å². The Labute approximate surface area is 606 Å². The van der Waals surface area contributed by atoms with Gasteiger partial charge in [-0.3, -0.25) is 19.2 Å². The maximum atomic E-state index is 10.6. The summed E-state index contributed by atoms with van der Waals surface area (Å²) in [6.07, 6.45) is 37.0. The van der Waals surface area contributed by atoms with E-state index in [1.54, 1.807) is 0 Å². The molecule has 12 rings (SSSR count). The van der Waals surface area contributed by atoms with Gasteiger partial charge in [-0.15, -0.1) is 0 Å². The molecule has 4 saturated carbocycles. The standard InChI is InChI=1S/C15H18N2O3.3C14H16N2O3.4C6H12.CH4/c1-3-11-4-6-12(7-5-11)15-17-13(10(2)20-15)8-19-9-14(16)18;3*1-9-3-5-11(6-4-9)14-16-12(10(2)19-14)7-18-8-13(15)17;4*1-2-4-6-5-3-1;/h4-7H,3,8-9H2,1-2H3,(H2,16,18);3*3-6H,7-8H2,1-2H3,(H2,15,17);4*1-6H2;1H4. The average Bonchev–Trinajstić information content (AvgIpc) is 1.73. The number of aryl methyl sites for hydroxylation is 8. The molecule has 0 aliphatic heterocycles. The van der Waals surface area contributed by atoms with Gasteiger partial charge >= 0.3 is 0 Å². The lowest BCUT2D eigenvalue weighted by atomic mass is 10.0. The fourth-order valence-corrected chi connectivity index (χ4v) is 10.9. The molecule has 0 bridgehead atoms. The van der Waals surface area contributed by atoms with Crippen molar-refractivity contribution in [2.24, 2.45) is 22.9 Å². The molecule has 8 N–H and O–H groups in total. The third kappa shape index (κ3) is 35.4. The molecule has 4 heterocycles. The summed E-state index contributed by atoms with van der Waals surface area (Å²) in [6.45, 7) is 15.8. The van der Waals surface area contributed by atoms with Gasteiger partial charge in [0.15, 0.2) is 0 Å². The number of aromatic nitrogens is 4. The maximum Gasteiger partial charge on any atom is 0.243 e. The van der Waals surface area contributed by atoms with Crippen molar-refractivity contribution in [2.75, 3.05) is 26.4 Å². The first-order valence-electron chi connectivity index (χ1n) is 36.4. The minimum absolute atomic E-state index is 0. The van der Waals surface area contributed by atoms with E-state index in [1.165, 1.54) is 176 Å². The lowest BCUT2D eigenvalue weighted by Gasteiger charge is -2.05. The van der Waals surface area contributed by atoms with Crippen LogP contribution in [-0.4, -0.2) is 70.0 Å². The summed E-state index contributed by atoms with van der Waals surface area (Å²) in [6, 6.07) is 31.8. The summed E-state index contributed by atoms with van der Waals surface area (Å²) in [5, 5.41) is 0. The fraction of sp³-hybridized carbons (Fsp3) is 0.512. The lowest BCUT2D eigenvalue weighted by molar-refractivity contribution is -0.123. The summed E-state index contributed by atoms with van der Waals surface area (Å²) in [4.78, 5) is 59.9. The van der Waals surface area contributed by atoms with Gasteiger partial charge in [0, 0.05) is 22.3 Å². The van der Waals surface area contributed by atoms with Crippen molar-refractivity contribution in [3.05, 3.63) is 165 Å². The second-order valence-corrected chi connectivity index (χ2v) is 26.1. The fourth-order valence-electron chi connectivity index (χ4n) is 10.9. The number of nitrogens with zero attached hydrogens (tertiary/aromatic N) is 4. The van der Waals surface area contributed by atoms with Gasteiger partial charge in [-0.2, -0.15) is 0 Å². The molecule has 0 unspecified atom stereocenters. The van der Waals surface area contributed by atoms with E-state index >= 15 is 0 Å². The third-order valence-electron chi connectivity index (χ3n) is 17.0. The van der Waals surface area contributed by atoms with Crippen LogP contribution in [-0.2, 0) is 71.0 Å². The predicted octanol–water partition coefficient (Wildman–Crippen LogP) is 18.1. The van der Waals surface area contributed by atoms with Crippen LogP contribution in [0.2, 0.25) is 0 Å². The Balaban J connectivity index is 0.000000258. The van der Waals surface area contributed by atoms with Crippen LogP contribution in [0.25, 0.3) is 45.8 Å². The van der Waals surface area contributed by atoms with E-state index in [1.807, 2.05) is 133 Å². The van der Waals surface area contributed by atoms with Crippen LogP contribution in [0.15, 0.2) is 115 Å².